The van der Waals surface area contributed by atoms with Crippen molar-refractivity contribution in [2.24, 2.45) is 0 Å². The number of benzene rings is 1. The van der Waals surface area contributed by atoms with Crippen LogP contribution in [0.2, 0.25) is 0 Å². The molecule has 0 saturated carbocycles. The summed E-state index contributed by atoms with van der Waals surface area (Å²) in [7, 11) is -3.54. The highest BCUT2D eigenvalue weighted by molar-refractivity contribution is 7.89. The van der Waals surface area contributed by atoms with Crippen LogP contribution in [0.5, 0.6) is 0 Å². The minimum Gasteiger partial charge on any atom is -0.313 e. The van der Waals surface area contributed by atoms with Crippen molar-refractivity contribution in [1.29, 1.82) is 0 Å². The summed E-state index contributed by atoms with van der Waals surface area (Å²) in [6.45, 7) is 3.69. The van der Waals surface area contributed by atoms with Crippen LogP contribution in [-0.4, -0.2) is 37.3 Å². The number of rotatable bonds is 4. The Morgan fingerprint density at radius 3 is 2.83 bits per heavy atom. The second-order valence-electron chi connectivity index (χ2n) is 5.58. The Morgan fingerprint density at radius 2 is 2.09 bits per heavy atom. The molecule has 1 unspecified atom stereocenters. The molecular weight excluding hydrogens is 310 g/mol. The zero-order valence-corrected chi connectivity index (χ0v) is 14.0. The van der Waals surface area contributed by atoms with Crippen LogP contribution < -0.4 is 5.32 Å². The molecule has 2 heterocycles. The molecule has 1 aromatic heterocycles. The molecule has 3 rings (SSSR count). The fraction of sp³-hybridized carbons (Fsp3) is 0.353. The van der Waals surface area contributed by atoms with Gasteiger partial charge in [0.15, 0.2) is 0 Å². The molecule has 1 aromatic carbocycles. The molecule has 0 amide bonds. The summed E-state index contributed by atoms with van der Waals surface area (Å²) < 4.78 is 28.1. The molecule has 1 aliphatic rings. The number of hydrogen-bond acceptors (Lipinski definition) is 4. The van der Waals surface area contributed by atoms with Crippen molar-refractivity contribution in [3.8, 4) is 0 Å². The van der Waals surface area contributed by atoms with E-state index in [2.05, 4.69) is 10.3 Å². The van der Waals surface area contributed by atoms with Gasteiger partial charge in [0.2, 0.25) is 10.0 Å². The summed E-state index contributed by atoms with van der Waals surface area (Å²) in [6, 6.07) is 10.8. The van der Waals surface area contributed by atoms with Crippen LogP contribution in [0.25, 0.3) is 0 Å². The molecule has 122 valence electrons. The van der Waals surface area contributed by atoms with E-state index in [9.17, 15) is 8.42 Å². The summed E-state index contributed by atoms with van der Waals surface area (Å²) in [5, 5.41) is 3.28. The third kappa shape index (κ3) is 3.15. The van der Waals surface area contributed by atoms with E-state index in [1.165, 1.54) is 0 Å². The second kappa shape index (κ2) is 6.78. The summed E-state index contributed by atoms with van der Waals surface area (Å²) >= 11 is 0. The molecule has 1 N–H and O–H groups in total. The zero-order valence-electron chi connectivity index (χ0n) is 13.1. The number of sulfonamides is 1. The Labute approximate surface area is 137 Å². The Balaban J connectivity index is 2.03. The van der Waals surface area contributed by atoms with Crippen molar-refractivity contribution in [2.75, 3.05) is 19.6 Å². The van der Waals surface area contributed by atoms with Gasteiger partial charge in [-0.1, -0.05) is 31.2 Å². The first-order chi connectivity index (χ1) is 11.1. The highest BCUT2D eigenvalue weighted by Gasteiger charge is 2.35. The molecule has 23 heavy (non-hydrogen) atoms. The fourth-order valence-electron chi connectivity index (χ4n) is 3.00. The average molecular weight is 331 g/mol. The normalized spacial score (nSPS) is 19.6. The van der Waals surface area contributed by atoms with E-state index < -0.39 is 10.0 Å². The molecule has 1 saturated heterocycles. The summed E-state index contributed by atoms with van der Waals surface area (Å²) in [6.07, 6.45) is 4.13. The minimum atomic E-state index is -3.54. The molecule has 1 atom stereocenters. The van der Waals surface area contributed by atoms with Gasteiger partial charge >= 0.3 is 0 Å². The lowest BCUT2D eigenvalue weighted by Gasteiger charge is -2.35. The van der Waals surface area contributed by atoms with Gasteiger partial charge in [0.1, 0.15) is 0 Å². The maximum Gasteiger partial charge on any atom is 0.243 e. The molecule has 2 aromatic rings. The molecule has 0 aliphatic carbocycles. The first kappa shape index (κ1) is 16.1. The highest BCUT2D eigenvalue weighted by atomic mass is 32.2. The smallest absolute Gasteiger partial charge is 0.243 e. The maximum absolute atomic E-state index is 13.2. The largest absolute Gasteiger partial charge is 0.313 e. The van der Waals surface area contributed by atoms with Gasteiger partial charge in [-0.25, -0.2) is 8.42 Å². The molecule has 0 spiro atoms. The van der Waals surface area contributed by atoms with Crippen LogP contribution in [0, 0.1) is 0 Å². The summed E-state index contributed by atoms with van der Waals surface area (Å²) in [5.41, 5.74) is 1.77. The van der Waals surface area contributed by atoms with Crippen molar-refractivity contribution < 1.29 is 8.42 Å². The van der Waals surface area contributed by atoms with E-state index in [4.69, 9.17) is 0 Å². The predicted molar refractivity (Wildman–Crippen MR) is 89.6 cm³/mol. The standard InChI is InChI=1S/C17H21N3O2S/c1-2-14-6-3-4-8-17(14)23(21,22)20-11-10-19-13-16(20)15-7-5-9-18-12-15/h3-9,12,16,19H,2,10-11,13H2,1H3. The van der Waals surface area contributed by atoms with Gasteiger partial charge in [0.05, 0.1) is 10.9 Å². The third-order valence-electron chi connectivity index (χ3n) is 4.20. The molecule has 0 radical (unpaired) electrons. The van der Waals surface area contributed by atoms with Crippen molar-refractivity contribution in [2.45, 2.75) is 24.3 Å². The molecule has 1 fully saturated rings. The predicted octanol–water partition coefficient (Wildman–Crippen LogP) is 1.98. The average Bonchev–Trinajstić information content (AvgIpc) is 2.62. The van der Waals surface area contributed by atoms with Crippen molar-refractivity contribution in [3.05, 3.63) is 59.9 Å². The lowest BCUT2D eigenvalue weighted by Crippen LogP contribution is -2.48. The number of aromatic nitrogens is 1. The highest BCUT2D eigenvalue weighted by Crippen LogP contribution is 2.30. The lowest BCUT2D eigenvalue weighted by molar-refractivity contribution is 0.271. The summed E-state index contributed by atoms with van der Waals surface area (Å²) in [4.78, 5) is 4.55. The van der Waals surface area contributed by atoms with Crippen molar-refractivity contribution in [3.63, 3.8) is 0 Å². The van der Waals surface area contributed by atoms with E-state index in [-0.39, 0.29) is 6.04 Å². The Kier molecular flexibility index (Phi) is 4.75. The number of nitrogens with zero attached hydrogens (tertiary/aromatic N) is 2. The number of pyridine rings is 1. The monoisotopic (exact) mass is 331 g/mol. The lowest BCUT2D eigenvalue weighted by atomic mass is 10.1. The van der Waals surface area contributed by atoms with E-state index in [1.54, 1.807) is 28.8 Å². The van der Waals surface area contributed by atoms with Crippen LogP contribution in [-0.2, 0) is 16.4 Å². The van der Waals surface area contributed by atoms with Crippen LogP contribution in [0.1, 0.15) is 24.1 Å². The zero-order chi connectivity index (χ0) is 16.3. The van der Waals surface area contributed by atoms with Crippen LogP contribution in [0.15, 0.2) is 53.7 Å². The van der Waals surface area contributed by atoms with Crippen LogP contribution in [0.4, 0.5) is 0 Å². The first-order valence-corrected chi connectivity index (χ1v) is 9.29. The third-order valence-corrected chi connectivity index (χ3v) is 6.21. The van der Waals surface area contributed by atoms with Crippen molar-refractivity contribution in [1.82, 2.24) is 14.6 Å². The molecular formula is C17H21N3O2S. The van der Waals surface area contributed by atoms with Gasteiger partial charge in [0, 0.05) is 32.0 Å². The van der Waals surface area contributed by atoms with Gasteiger partial charge in [-0.05, 0) is 29.7 Å². The topological polar surface area (TPSA) is 62.3 Å². The molecule has 5 nitrogen and oxygen atoms in total. The van der Waals surface area contributed by atoms with Crippen LogP contribution >= 0.6 is 0 Å². The van der Waals surface area contributed by atoms with Gasteiger partial charge in [-0.15, -0.1) is 0 Å². The molecule has 1 aliphatic heterocycles. The number of hydrogen-bond donors (Lipinski definition) is 1. The van der Waals surface area contributed by atoms with Gasteiger partial charge in [0.25, 0.3) is 0 Å². The van der Waals surface area contributed by atoms with Gasteiger partial charge in [-0.2, -0.15) is 4.31 Å². The van der Waals surface area contributed by atoms with E-state index in [1.807, 2.05) is 31.2 Å². The van der Waals surface area contributed by atoms with E-state index >= 15 is 0 Å². The van der Waals surface area contributed by atoms with E-state index in [0.29, 0.717) is 31.0 Å². The second-order valence-corrected chi connectivity index (χ2v) is 7.44. The molecule has 0 bridgehead atoms. The Bertz CT molecular complexity index is 762. The quantitative estimate of drug-likeness (QED) is 0.930. The minimum absolute atomic E-state index is 0.229. The van der Waals surface area contributed by atoms with Crippen LogP contribution in [0.3, 0.4) is 0 Å². The maximum atomic E-state index is 13.2. The summed E-state index contributed by atoms with van der Waals surface area (Å²) in [5.74, 6) is 0. The van der Waals surface area contributed by atoms with Gasteiger partial charge in [-0.3, -0.25) is 4.98 Å². The molecule has 6 heteroatoms. The Morgan fingerprint density at radius 1 is 1.26 bits per heavy atom. The number of piperazine rings is 1. The van der Waals surface area contributed by atoms with E-state index in [0.717, 1.165) is 11.1 Å². The fourth-order valence-corrected chi connectivity index (χ4v) is 4.91. The number of aryl methyl sites for hydroxylation is 1. The first-order valence-electron chi connectivity index (χ1n) is 7.85. The van der Waals surface area contributed by atoms with Gasteiger partial charge < -0.3 is 5.32 Å². The van der Waals surface area contributed by atoms with Crippen molar-refractivity contribution >= 4 is 10.0 Å². The number of nitrogens with one attached hydrogen (secondary N) is 1. The Hall–Kier alpha value is -1.76. The SMILES string of the molecule is CCc1ccccc1S(=O)(=O)N1CCNCC1c1cccnc1.